The molecule has 30 heavy (non-hydrogen) atoms. The molecule has 0 aliphatic carbocycles. The summed E-state index contributed by atoms with van der Waals surface area (Å²) < 4.78 is 20.0. The molecular formula is C22H24FN3O3S. The Balaban J connectivity index is 1.77. The lowest BCUT2D eigenvalue weighted by Crippen LogP contribution is -2.32. The van der Waals surface area contributed by atoms with Crippen LogP contribution in [-0.2, 0) is 4.74 Å². The third-order valence-electron chi connectivity index (χ3n) is 4.77. The SMILES string of the molecule is CC(=S)NC[C@H]1CN(c2ccc(Nc3cccc(C(C)C)cc3=O)c(F)c2)C(=O)O1. The van der Waals surface area contributed by atoms with Crippen molar-refractivity contribution in [2.45, 2.75) is 32.8 Å². The van der Waals surface area contributed by atoms with Crippen LogP contribution in [0, 0.1) is 5.82 Å². The summed E-state index contributed by atoms with van der Waals surface area (Å²) in [4.78, 5) is 26.6. The van der Waals surface area contributed by atoms with Gasteiger partial charge in [-0.1, -0.05) is 38.2 Å². The van der Waals surface area contributed by atoms with E-state index in [9.17, 15) is 14.0 Å². The molecule has 0 radical (unpaired) electrons. The van der Waals surface area contributed by atoms with Crippen LogP contribution in [0.5, 0.6) is 0 Å². The van der Waals surface area contributed by atoms with E-state index in [0.29, 0.717) is 17.2 Å². The molecule has 1 saturated heterocycles. The highest BCUT2D eigenvalue weighted by molar-refractivity contribution is 7.80. The van der Waals surface area contributed by atoms with Crippen molar-refractivity contribution in [2.24, 2.45) is 0 Å². The van der Waals surface area contributed by atoms with Gasteiger partial charge in [0.05, 0.1) is 35.1 Å². The molecule has 6 nitrogen and oxygen atoms in total. The maximum absolute atomic E-state index is 14.7. The average Bonchev–Trinajstić information content (AvgIpc) is 2.95. The van der Waals surface area contributed by atoms with Gasteiger partial charge in [-0.15, -0.1) is 0 Å². The van der Waals surface area contributed by atoms with E-state index in [2.05, 4.69) is 10.6 Å². The zero-order valence-electron chi connectivity index (χ0n) is 17.1. The molecule has 0 unspecified atom stereocenters. The molecule has 1 amide bonds. The molecular weight excluding hydrogens is 405 g/mol. The smallest absolute Gasteiger partial charge is 0.414 e. The lowest BCUT2D eigenvalue weighted by molar-refractivity contribution is 0.143. The fourth-order valence-corrected chi connectivity index (χ4v) is 3.18. The Morgan fingerprint density at radius 3 is 2.67 bits per heavy atom. The number of rotatable bonds is 6. The molecule has 0 aromatic heterocycles. The molecule has 0 saturated carbocycles. The number of anilines is 3. The first-order valence-electron chi connectivity index (χ1n) is 9.68. The fourth-order valence-electron chi connectivity index (χ4n) is 3.09. The van der Waals surface area contributed by atoms with Crippen LogP contribution in [-0.4, -0.2) is 30.3 Å². The van der Waals surface area contributed by atoms with Gasteiger partial charge in [-0.25, -0.2) is 9.18 Å². The molecule has 3 rings (SSSR count). The van der Waals surface area contributed by atoms with Crippen LogP contribution in [0.15, 0.2) is 47.3 Å². The first kappa shape index (κ1) is 21.7. The first-order valence-corrected chi connectivity index (χ1v) is 10.1. The van der Waals surface area contributed by atoms with E-state index in [4.69, 9.17) is 17.0 Å². The molecule has 0 bridgehead atoms. The third kappa shape index (κ3) is 5.13. The van der Waals surface area contributed by atoms with Crippen molar-refractivity contribution in [2.75, 3.05) is 23.3 Å². The van der Waals surface area contributed by atoms with Crippen molar-refractivity contribution >= 4 is 40.4 Å². The van der Waals surface area contributed by atoms with Gasteiger partial charge in [-0.3, -0.25) is 9.69 Å². The average molecular weight is 430 g/mol. The topological polar surface area (TPSA) is 70.7 Å². The quantitative estimate of drug-likeness (QED) is 0.667. The van der Waals surface area contributed by atoms with Crippen molar-refractivity contribution in [3.63, 3.8) is 0 Å². The Labute approximate surface area is 180 Å². The van der Waals surface area contributed by atoms with Crippen LogP contribution in [0.4, 0.5) is 26.2 Å². The summed E-state index contributed by atoms with van der Waals surface area (Å²) >= 11 is 4.96. The summed E-state index contributed by atoms with van der Waals surface area (Å²) in [6.45, 7) is 6.43. The number of hydrogen-bond acceptors (Lipinski definition) is 5. The molecule has 1 atom stereocenters. The number of halogens is 1. The fraction of sp³-hybridized carbons (Fsp3) is 0.318. The zero-order chi connectivity index (χ0) is 21.8. The number of nitrogens with one attached hydrogen (secondary N) is 2. The second kappa shape index (κ2) is 9.21. The minimum absolute atomic E-state index is 0.148. The van der Waals surface area contributed by atoms with E-state index >= 15 is 0 Å². The van der Waals surface area contributed by atoms with Crippen LogP contribution >= 0.6 is 12.2 Å². The van der Waals surface area contributed by atoms with Crippen molar-refractivity contribution in [3.8, 4) is 0 Å². The maximum Gasteiger partial charge on any atom is 0.414 e. The second-order valence-electron chi connectivity index (χ2n) is 7.45. The summed E-state index contributed by atoms with van der Waals surface area (Å²) in [6, 6.07) is 11.2. The number of thiocarbonyl (C=S) groups is 1. The highest BCUT2D eigenvalue weighted by Gasteiger charge is 2.32. The Kier molecular flexibility index (Phi) is 6.66. The van der Waals surface area contributed by atoms with Gasteiger partial charge in [0.25, 0.3) is 0 Å². The number of amides is 1. The largest absolute Gasteiger partial charge is 0.442 e. The van der Waals surface area contributed by atoms with E-state index in [1.165, 1.54) is 17.0 Å². The molecule has 158 valence electrons. The van der Waals surface area contributed by atoms with Gasteiger partial charge < -0.3 is 15.4 Å². The molecule has 0 spiro atoms. The molecule has 1 fully saturated rings. The lowest BCUT2D eigenvalue weighted by atomic mass is 10.1. The molecule has 1 aliphatic heterocycles. The molecule has 1 aliphatic rings. The number of ether oxygens (including phenoxy) is 1. The van der Waals surface area contributed by atoms with Crippen LogP contribution in [0.3, 0.4) is 0 Å². The van der Waals surface area contributed by atoms with Crippen molar-refractivity contribution in [1.82, 2.24) is 5.32 Å². The Morgan fingerprint density at radius 1 is 1.23 bits per heavy atom. The molecule has 2 aromatic rings. The Bertz CT molecular complexity index is 1030. The van der Waals surface area contributed by atoms with Gasteiger partial charge in [0.1, 0.15) is 11.9 Å². The second-order valence-corrected chi connectivity index (χ2v) is 8.06. The highest BCUT2D eigenvalue weighted by Crippen LogP contribution is 2.27. The number of carbonyl (C=O) groups is 1. The molecule has 2 aromatic carbocycles. The van der Waals surface area contributed by atoms with Crippen LogP contribution in [0.25, 0.3) is 0 Å². The van der Waals surface area contributed by atoms with Gasteiger partial charge in [0.15, 0.2) is 0 Å². The van der Waals surface area contributed by atoms with Crippen molar-refractivity contribution < 1.29 is 13.9 Å². The van der Waals surface area contributed by atoms with Crippen LogP contribution in [0.2, 0.25) is 0 Å². The van der Waals surface area contributed by atoms with E-state index in [0.717, 1.165) is 5.56 Å². The summed E-state index contributed by atoms with van der Waals surface area (Å²) in [5.74, 6) is -0.368. The van der Waals surface area contributed by atoms with E-state index in [1.54, 1.807) is 31.2 Å². The number of nitrogens with zero attached hydrogens (tertiary/aromatic N) is 1. The Morgan fingerprint density at radius 2 is 2.00 bits per heavy atom. The predicted molar refractivity (Wildman–Crippen MR) is 120 cm³/mol. The predicted octanol–water partition coefficient (Wildman–Crippen LogP) is 4.32. The number of hydrogen-bond donors (Lipinski definition) is 2. The summed E-state index contributed by atoms with van der Waals surface area (Å²) in [7, 11) is 0. The van der Waals surface area contributed by atoms with Crippen LogP contribution in [0.1, 0.15) is 32.3 Å². The first-order chi connectivity index (χ1) is 14.2. The highest BCUT2D eigenvalue weighted by atomic mass is 32.1. The van der Waals surface area contributed by atoms with Gasteiger partial charge in [0.2, 0.25) is 5.43 Å². The lowest BCUT2D eigenvalue weighted by Gasteiger charge is -2.15. The maximum atomic E-state index is 14.7. The van der Waals surface area contributed by atoms with Gasteiger partial charge in [-0.05, 0) is 48.7 Å². The van der Waals surface area contributed by atoms with Gasteiger partial charge in [-0.2, -0.15) is 0 Å². The van der Waals surface area contributed by atoms with Crippen molar-refractivity contribution in [3.05, 3.63) is 64.1 Å². The number of cyclic esters (lactones) is 1. The van der Waals surface area contributed by atoms with Gasteiger partial charge in [0, 0.05) is 0 Å². The minimum Gasteiger partial charge on any atom is -0.442 e. The van der Waals surface area contributed by atoms with Crippen molar-refractivity contribution in [1.29, 1.82) is 0 Å². The Hall–Kier alpha value is -3.00. The van der Waals surface area contributed by atoms with Crippen LogP contribution < -0.4 is 21.0 Å². The monoisotopic (exact) mass is 429 g/mol. The normalized spacial score (nSPS) is 15.8. The zero-order valence-corrected chi connectivity index (χ0v) is 17.9. The third-order valence-corrected chi connectivity index (χ3v) is 4.91. The molecule has 2 N–H and O–H groups in total. The van der Waals surface area contributed by atoms with E-state index < -0.39 is 11.9 Å². The molecule has 8 heteroatoms. The summed E-state index contributed by atoms with van der Waals surface area (Å²) in [5.41, 5.74) is 1.49. The van der Waals surface area contributed by atoms with E-state index in [1.807, 2.05) is 19.9 Å². The standard InChI is InChI=1S/C22H24FN3O3S/c1-13(2)15-5-4-6-20(21(27)9-15)25-19-8-7-16(10-18(19)23)26-12-17(29-22(26)28)11-24-14(3)30/h4-10,13,17H,11-12H2,1-3H3,(H,24,30)(H,25,27)/t17-/m0/s1. The minimum atomic E-state index is -0.577. The number of benzene rings is 1. The molecule has 1 heterocycles. The number of carbonyl (C=O) groups excluding carboxylic acids is 1. The van der Waals surface area contributed by atoms with Gasteiger partial charge >= 0.3 is 6.09 Å². The van der Waals surface area contributed by atoms with E-state index in [-0.39, 0.29) is 35.4 Å². The summed E-state index contributed by atoms with van der Waals surface area (Å²) in [5, 5.41) is 5.81. The summed E-state index contributed by atoms with van der Waals surface area (Å²) in [6.07, 6.45) is -0.916.